The quantitative estimate of drug-likeness (QED) is 0.455. The molecule has 0 radical (unpaired) electrons. The van der Waals surface area contributed by atoms with Gasteiger partial charge in [0, 0.05) is 6.04 Å². The summed E-state index contributed by atoms with van der Waals surface area (Å²) in [5.74, 6) is 6.07. The van der Waals surface area contributed by atoms with E-state index < -0.39 is 0 Å². The van der Waals surface area contributed by atoms with Gasteiger partial charge in [0.2, 0.25) is 0 Å². The molecule has 0 fully saturated rings. The first-order valence-electron chi connectivity index (χ1n) is 4.22. The molecule has 0 bridgehead atoms. The fraction of sp³-hybridized carbons (Fsp3) is 1.00. The molecule has 0 spiro atoms. The minimum absolute atomic E-state index is 0.500. The van der Waals surface area contributed by atoms with Crippen molar-refractivity contribution in [3.8, 4) is 0 Å². The molecule has 3 N–H and O–H groups in total. The van der Waals surface area contributed by atoms with Gasteiger partial charge in [-0.05, 0) is 18.8 Å². The van der Waals surface area contributed by atoms with Crippen LogP contribution in [-0.4, -0.2) is 6.04 Å². The van der Waals surface area contributed by atoms with Crippen molar-refractivity contribution < 1.29 is 0 Å². The van der Waals surface area contributed by atoms with E-state index in [1.807, 2.05) is 0 Å². The number of hydrazine groups is 1. The summed E-state index contributed by atoms with van der Waals surface area (Å²) in [6.07, 6.45) is 3.64. The highest BCUT2D eigenvalue weighted by atomic mass is 15.2. The van der Waals surface area contributed by atoms with Crippen LogP contribution in [-0.2, 0) is 0 Å². The molecule has 0 amide bonds. The predicted molar refractivity (Wildman–Crippen MR) is 45.5 cm³/mol. The van der Waals surface area contributed by atoms with Gasteiger partial charge in [-0.2, -0.15) is 0 Å². The van der Waals surface area contributed by atoms with E-state index in [2.05, 4.69) is 26.2 Å². The van der Waals surface area contributed by atoms with Crippen LogP contribution in [0.5, 0.6) is 0 Å². The van der Waals surface area contributed by atoms with Crippen LogP contribution >= 0.6 is 0 Å². The molecule has 0 heterocycles. The van der Waals surface area contributed by atoms with Gasteiger partial charge in [-0.1, -0.05) is 27.2 Å². The lowest BCUT2D eigenvalue weighted by atomic mass is 9.96. The first-order chi connectivity index (χ1) is 4.76. The monoisotopic (exact) mass is 144 g/mol. The average Bonchev–Trinajstić information content (AvgIpc) is 1.91. The van der Waals surface area contributed by atoms with Gasteiger partial charge in [-0.15, -0.1) is 0 Å². The summed E-state index contributed by atoms with van der Waals surface area (Å²) >= 11 is 0. The highest BCUT2D eigenvalue weighted by Gasteiger charge is 2.11. The van der Waals surface area contributed by atoms with Gasteiger partial charge in [0.05, 0.1) is 0 Å². The van der Waals surface area contributed by atoms with Crippen molar-refractivity contribution in [2.75, 3.05) is 0 Å². The van der Waals surface area contributed by atoms with E-state index in [1.54, 1.807) is 0 Å². The lowest BCUT2D eigenvalue weighted by Crippen LogP contribution is -2.39. The number of nitrogens with two attached hydrogens (primary N) is 1. The Labute approximate surface area is 64.2 Å². The molecule has 2 atom stereocenters. The van der Waals surface area contributed by atoms with Crippen molar-refractivity contribution in [3.05, 3.63) is 0 Å². The summed E-state index contributed by atoms with van der Waals surface area (Å²) in [7, 11) is 0. The standard InChI is InChI=1S/C8H20N2/c1-4-6-7(3)8(5-2)10-9/h7-8,10H,4-6,9H2,1-3H3. The largest absolute Gasteiger partial charge is 0.271 e. The van der Waals surface area contributed by atoms with E-state index in [0.717, 1.165) is 6.42 Å². The van der Waals surface area contributed by atoms with Gasteiger partial charge < -0.3 is 0 Å². The molecule has 0 saturated carbocycles. The Bertz CT molecular complexity index is 69.7. The van der Waals surface area contributed by atoms with Crippen LogP contribution in [0.1, 0.15) is 40.0 Å². The third kappa shape index (κ3) is 3.18. The number of rotatable bonds is 5. The van der Waals surface area contributed by atoms with Gasteiger partial charge in [-0.3, -0.25) is 11.3 Å². The van der Waals surface area contributed by atoms with Crippen molar-refractivity contribution in [1.29, 1.82) is 0 Å². The number of hydrogen-bond acceptors (Lipinski definition) is 2. The molecule has 2 unspecified atom stereocenters. The van der Waals surface area contributed by atoms with Gasteiger partial charge >= 0.3 is 0 Å². The zero-order valence-corrected chi connectivity index (χ0v) is 7.35. The van der Waals surface area contributed by atoms with Gasteiger partial charge in [-0.25, -0.2) is 0 Å². The average molecular weight is 144 g/mol. The van der Waals surface area contributed by atoms with Crippen LogP contribution in [0.25, 0.3) is 0 Å². The van der Waals surface area contributed by atoms with Crippen LogP contribution in [0.2, 0.25) is 0 Å². The molecule has 0 aromatic carbocycles. The molecule has 0 rings (SSSR count). The Morgan fingerprint density at radius 3 is 2.30 bits per heavy atom. The Morgan fingerprint density at radius 1 is 1.40 bits per heavy atom. The second kappa shape index (κ2) is 5.69. The lowest BCUT2D eigenvalue weighted by Gasteiger charge is -2.20. The molecule has 0 aliphatic carbocycles. The molecule has 0 saturated heterocycles. The molecule has 62 valence electrons. The van der Waals surface area contributed by atoms with Crippen molar-refractivity contribution in [2.45, 2.75) is 46.1 Å². The first-order valence-corrected chi connectivity index (χ1v) is 4.22. The second-order valence-electron chi connectivity index (χ2n) is 2.95. The van der Waals surface area contributed by atoms with E-state index in [1.165, 1.54) is 12.8 Å². The van der Waals surface area contributed by atoms with Crippen molar-refractivity contribution >= 4 is 0 Å². The van der Waals surface area contributed by atoms with Gasteiger partial charge in [0.15, 0.2) is 0 Å². The first kappa shape index (κ1) is 9.92. The molecular weight excluding hydrogens is 124 g/mol. The van der Waals surface area contributed by atoms with Crippen LogP contribution in [0, 0.1) is 5.92 Å². The molecule has 0 aromatic heterocycles. The Balaban J connectivity index is 3.53. The molecule has 0 aliphatic heterocycles. The number of hydrogen-bond donors (Lipinski definition) is 2. The van der Waals surface area contributed by atoms with Gasteiger partial charge in [0.25, 0.3) is 0 Å². The fourth-order valence-corrected chi connectivity index (χ4v) is 1.34. The summed E-state index contributed by atoms with van der Waals surface area (Å²) in [5, 5.41) is 0. The topological polar surface area (TPSA) is 38.0 Å². The maximum absolute atomic E-state index is 5.36. The van der Waals surface area contributed by atoms with E-state index in [4.69, 9.17) is 5.84 Å². The zero-order valence-electron chi connectivity index (χ0n) is 7.35. The summed E-state index contributed by atoms with van der Waals surface area (Å²) in [5.41, 5.74) is 2.84. The van der Waals surface area contributed by atoms with Crippen LogP contribution in [0.3, 0.4) is 0 Å². The zero-order chi connectivity index (χ0) is 7.98. The minimum atomic E-state index is 0.500. The molecular formula is C8H20N2. The molecule has 2 nitrogen and oxygen atoms in total. The Kier molecular flexibility index (Phi) is 5.64. The maximum Gasteiger partial charge on any atom is 0.0233 e. The Morgan fingerprint density at radius 2 is 2.00 bits per heavy atom. The lowest BCUT2D eigenvalue weighted by molar-refractivity contribution is 0.350. The van der Waals surface area contributed by atoms with Crippen molar-refractivity contribution in [1.82, 2.24) is 5.43 Å². The van der Waals surface area contributed by atoms with E-state index >= 15 is 0 Å². The van der Waals surface area contributed by atoms with Crippen molar-refractivity contribution in [3.63, 3.8) is 0 Å². The molecule has 0 aliphatic rings. The smallest absolute Gasteiger partial charge is 0.0233 e. The summed E-state index contributed by atoms with van der Waals surface area (Å²) in [4.78, 5) is 0. The fourth-order valence-electron chi connectivity index (χ4n) is 1.34. The maximum atomic E-state index is 5.36. The summed E-state index contributed by atoms with van der Waals surface area (Å²) in [6.45, 7) is 6.62. The second-order valence-corrected chi connectivity index (χ2v) is 2.95. The summed E-state index contributed by atoms with van der Waals surface area (Å²) in [6, 6.07) is 0.500. The molecule has 2 heteroatoms. The predicted octanol–water partition coefficient (Wildman–Crippen LogP) is 1.66. The Hall–Kier alpha value is -0.0800. The third-order valence-corrected chi connectivity index (χ3v) is 2.08. The third-order valence-electron chi connectivity index (χ3n) is 2.08. The van der Waals surface area contributed by atoms with Gasteiger partial charge in [0.1, 0.15) is 0 Å². The molecule has 10 heavy (non-hydrogen) atoms. The van der Waals surface area contributed by atoms with Crippen LogP contribution in [0.4, 0.5) is 0 Å². The number of nitrogens with one attached hydrogen (secondary N) is 1. The highest BCUT2D eigenvalue weighted by Crippen LogP contribution is 2.11. The van der Waals surface area contributed by atoms with Crippen LogP contribution < -0.4 is 11.3 Å². The van der Waals surface area contributed by atoms with Crippen molar-refractivity contribution in [2.24, 2.45) is 11.8 Å². The summed E-state index contributed by atoms with van der Waals surface area (Å²) < 4.78 is 0. The normalized spacial score (nSPS) is 16.8. The van der Waals surface area contributed by atoms with E-state index in [0.29, 0.717) is 12.0 Å². The van der Waals surface area contributed by atoms with E-state index in [9.17, 15) is 0 Å². The molecule has 0 aromatic rings. The van der Waals surface area contributed by atoms with Crippen LogP contribution in [0.15, 0.2) is 0 Å². The highest BCUT2D eigenvalue weighted by molar-refractivity contribution is 4.68. The SMILES string of the molecule is CCCC(C)C(CC)NN. The minimum Gasteiger partial charge on any atom is -0.271 e. The van der Waals surface area contributed by atoms with E-state index in [-0.39, 0.29) is 0 Å².